The molecule has 0 spiro atoms. The molecule has 0 unspecified atom stereocenters. The first-order valence-electron chi connectivity index (χ1n) is 8.41. The van der Waals surface area contributed by atoms with Gasteiger partial charge in [0.1, 0.15) is 11.5 Å². The summed E-state index contributed by atoms with van der Waals surface area (Å²) in [6.45, 7) is 2.23. The van der Waals surface area contributed by atoms with E-state index in [1.54, 1.807) is 12.1 Å². The molecular formula is C20H17F2NO4. The van der Waals surface area contributed by atoms with E-state index < -0.39 is 17.6 Å². The first-order chi connectivity index (χ1) is 13.0. The van der Waals surface area contributed by atoms with Crippen LogP contribution in [0.25, 0.3) is 10.8 Å². The number of halogens is 2. The third-order valence-corrected chi connectivity index (χ3v) is 3.89. The van der Waals surface area contributed by atoms with Crippen LogP contribution in [0.4, 0.5) is 8.78 Å². The molecule has 5 nitrogen and oxygen atoms in total. The zero-order valence-corrected chi connectivity index (χ0v) is 14.5. The third kappa shape index (κ3) is 4.13. The molecule has 0 atom stereocenters. The summed E-state index contributed by atoms with van der Waals surface area (Å²) in [4.78, 5) is 16.0. The zero-order valence-electron chi connectivity index (χ0n) is 14.5. The highest BCUT2D eigenvalue weighted by molar-refractivity contribution is 5.99. The van der Waals surface area contributed by atoms with Crippen LogP contribution < -0.4 is 4.74 Å². The number of unbranched alkanes of at least 4 members (excludes halogenated alkanes) is 1. The number of pyridine rings is 1. The fourth-order valence-electron chi connectivity index (χ4n) is 2.45. The second kappa shape index (κ2) is 7.99. The van der Waals surface area contributed by atoms with Crippen molar-refractivity contribution in [2.45, 2.75) is 19.8 Å². The number of fused-ring (bicyclic) bond motifs is 1. The average Bonchev–Trinajstić information content (AvgIpc) is 2.65. The minimum atomic E-state index is -1.01. The smallest absolute Gasteiger partial charge is 0.360 e. The van der Waals surface area contributed by atoms with Crippen LogP contribution in [0.15, 0.2) is 42.6 Å². The van der Waals surface area contributed by atoms with Crippen molar-refractivity contribution in [3.05, 3.63) is 59.9 Å². The van der Waals surface area contributed by atoms with E-state index in [1.165, 1.54) is 18.3 Å². The third-order valence-electron chi connectivity index (χ3n) is 3.89. The van der Waals surface area contributed by atoms with Crippen molar-refractivity contribution in [2.24, 2.45) is 0 Å². The summed E-state index contributed by atoms with van der Waals surface area (Å²) in [5.74, 6) is -2.49. The Hall–Kier alpha value is -3.22. The quantitative estimate of drug-likeness (QED) is 0.488. The van der Waals surface area contributed by atoms with E-state index in [2.05, 4.69) is 4.98 Å². The molecular weight excluding hydrogens is 356 g/mol. The number of hydrogen-bond acceptors (Lipinski definition) is 5. The van der Waals surface area contributed by atoms with Crippen LogP contribution >= 0.6 is 0 Å². The number of hydrogen-bond donors (Lipinski definition) is 1. The fourth-order valence-corrected chi connectivity index (χ4v) is 2.45. The number of aromatic hydroxyl groups is 1. The van der Waals surface area contributed by atoms with Gasteiger partial charge in [-0.15, -0.1) is 0 Å². The predicted molar refractivity (Wildman–Crippen MR) is 95.0 cm³/mol. The lowest BCUT2D eigenvalue weighted by Crippen LogP contribution is -2.08. The molecule has 2 aromatic carbocycles. The Balaban J connectivity index is 1.84. The van der Waals surface area contributed by atoms with Gasteiger partial charge in [-0.05, 0) is 36.8 Å². The topological polar surface area (TPSA) is 68.7 Å². The lowest BCUT2D eigenvalue weighted by atomic mass is 10.1. The number of nitrogens with zero attached hydrogens (tertiary/aromatic N) is 1. The molecule has 0 saturated heterocycles. The Morgan fingerprint density at radius 3 is 2.59 bits per heavy atom. The molecule has 3 rings (SSSR count). The van der Waals surface area contributed by atoms with E-state index in [4.69, 9.17) is 9.47 Å². The molecule has 0 radical (unpaired) electrons. The zero-order chi connectivity index (χ0) is 19.4. The van der Waals surface area contributed by atoms with Crippen LogP contribution in [-0.4, -0.2) is 22.7 Å². The molecule has 140 valence electrons. The molecule has 1 aromatic heterocycles. The van der Waals surface area contributed by atoms with Gasteiger partial charge in [-0.25, -0.2) is 18.6 Å². The highest BCUT2D eigenvalue weighted by Crippen LogP contribution is 2.32. The maximum absolute atomic E-state index is 13.3. The number of benzene rings is 2. The Labute approximate surface area is 154 Å². The first-order valence-corrected chi connectivity index (χ1v) is 8.41. The Bertz CT molecular complexity index is 991. The fraction of sp³-hybridized carbons (Fsp3) is 0.200. The van der Waals surface area contributed by atoms with Crippen molar-refractivity contribution >= 4 is 16.7 Å². The molecule has 0 amide bonds. The minimum Gasteiger partial charge on any atom is -0.505 e. The van der Waals surface area contributed by atoms with E-state index in [0.29, 0.717) is 16.5 Å². The second-order valence-electron chi connectivity index (χ2n) is 5.87. The summed E-state index contributed by atoms with van der Waals surface area (Å²) in [7, 11) is 0. The molecule has 0 saturated carbocycles. The number of carbonyl (C=O) groups is 1. The van der Waals surface area contributed by atoms with Crippen LogP contribution in [-0.2, 0) is 4.74 Å². The molecule has 0 fully saturated rings. The monoisotopic (exact) mass is 373 g/mol. The van der Waals surface area contributed by atoms with E-state index in [9.17, 15) is 18.7 Å². The first kappa shape index (κ1) is 18.6. The van der Waals surface area contributed by atoms with E-state index in [-0.39, 0.29) is 23.8 Å². The minimum absolute atomic E-state index is 0.126. The van der Waals surface area contributed by atoms with Gasteiger partial charge in [-0.1, -0.05) is 13.3 Å². The number of esters is 1. The molecule has 0 bridgehead atoms. The maximum atomic E-state index is 13.3. The molecule has 7 heteroatoms. The van der Waals surface area contributed by atoms with E-state index in [1.807, 2.05) is 6.92 Å². The van der Waals surface area contributed by atoms with Crippen molar-refractivity contribution < 1.29 is 28.2 Å². The Morgan fingerprint density at radius 2 is 1.85 bits per heavy atom. The molecule has 0 aliphatic heterocycles. The van der Waals surface area contributed by atoms with Gasteiger partial charge in [-0.3, -0.25) is 0 Å². The van der Waals surface area contributed by atoms with Gasteiger partial charge >= 0.3 is 5.97 Å². The van der Waals surface area contributed by atoms with Gasteiger partial charge in [0.15, 0.2) is 23.1 Å². The van der Waals surface area contributed by atoms with Gasteiger partial charge in [0.25, 0.3) is 0 Å². The van der Waals surface area contributed by atoms with Crippen LogP contribution in [0.2, 0.25) is 0 Å². The van der Waals surface area contributed by atoms with Crippen molar-refractivity contribution in [3.8, 4) is 17.2 Å². The van der Waals surface area contributed by atoms with E-state index >= 15 is 0 Å². The Morgan fingerprint density at radius 1 is 1.11 bits per heavy atom. The number of ether oxygens (including phenoxy) is 2. The van der Waals surface area contributed by atoms with Crippen LogP contribution in [0.1, 0.15) is 30.3 Å². The molecule has 3 aromatic rings. The molecule has 1 heterocycles. The van der Waals surface area contributed by atoms with Gasteiger partial charge in [-0.2, -0.15) is 0 Å². The van der Waals surface area contributed by atoms with Crippen molar-refractivity contribution in [1.29, 1.82) is 0 Å². The van der Waals surface area contributed by atoms with Crippen LogP contribution in [0, 0.1) is 11.6 Å². The van der Waals surface area contributed by atoms with Crippen molar-refractivity contribution in [2.75, 3.05) is 6.61 Å². The van der Waals surface area contributed by atoms with Crippen molar-refractivity contribution in [3.63, 3.8) is 0 Å². The number of rotatable bonds is 6. The number of carbonyl (C=O) groups excluding carboxylic acids is 1. The summed E-state index contributed by atoms with van der Waals surface area (Å²) in [5, 5.41) is 11.2. The lowest BCUT2D eigenvalue weighted by Gasteiger charge is -2.10. The summed E-state index contributed by atoms with van der Waals surface area (Å²) in [5.41, 5.74) is -0.159. The van der Waals surface area contributed by atoms with Gasteiger partial charge in [0, 0.05) is 23.0 Å². The molecule has 27 heavy (non-hydrogen) atoms. The summed E-state index contributed by atoms with van der Waals surface area (Å²) in [6.07, 6.45) is 3.01. The largest absolute Gasteiger partial charge is 0.505 e. The highest BCUT2D eigenvalue weighted by atomic mass is 19.2. The molecule has 0 aliphatic carbocycles. The summed E-state index contributed by atoms with van der Waals surface area (Å²) in [6, 6.07) is 7.85. The van der Waals surface area contributed by atoms with Gasteiger partial charge in [0.05, 0.1) is 6.61 Å². The molecule has 0 aliphatic rings. The highest BCUT2D eigenvalue weighted by Gasteiger charge is 2.17. The van der Waals surface area contributed by atoms with Crippen molar-refractivity contribution in [1.82, 2.24) is 4.98 Å². The predicted octanol–water partition coefficient (Wildman–Crippen LogP) is 4.97. The summed E-state index contributed by atoms with van der Waals surface area (Å²) < 4.78 is 36.8. The maximum Gasteiger partial charge on any atom is 0.360 e. The normalized spacial score (nSPS) is 10.8. The average molecular weight is 373 g/mol. The van der Waals surface area contributed by atoms with Gasteiger partial charge in [0.2, 0.25) is 0 Å². The number of aromatic nitrogens is 1. The van der Waals surface area contributed by atoms with Crippen LogP contribution in [0.5, 0.6) is 17.2 Å². The van der Waals surface area contributed by atoms with Gasteiger partial charge < -0.3 is 14.6 Å². The Kier molecular flexibility index (Phi) is 5.49. The SMILES string of the molecule is CCCCOC(=O)c1ncc2cc(Oc3ccc(F)c(F)c3)ccc2c1O. The lowest BCUT2D eigenvalue weighted by molar-refractivity contribution is 0.0489. The second-order valence-corrected chi connectivity index (χ2v) is 5.87. The van der Waals surface area contributed by atoms with E-state index in [0.717, 1.165) is 25.0 Å². The summed E-state index contributed by atoms with van der Waals surface area (Å²) >= 11 is 0. The molecule has 1 N–H and O–H groups in total. The van der Waals surface area contributed by atoms with Crippen LogP contribution in [0.3, 0.4) is 0 Å². The standard InChI is InChI=1S/C20H17F2NO4/c1-2-3-8-26-20(25)18-19(24)15-6-4-13(9-12(15)11-23-18)27-14-5-7-16(21)17(22)10-14/h4-7,9-11,24H,2-3,8H2,1H3.